The van der Waals surface area contributed by atoms with Gasteiger partial charge in [0, 0.05) is 12.6 Å². The Balaban J connectivity index is 2.06. The van der Waals surface area contributed by atoms with Crippen LogP contribution in [-0.2, 0) is 9.59 Å². The summed E-state index contributed by atoms with van der Waals surface area (Å²) < 4.78 is 37.1. The molecule has 0 spiro atoms. The van der Waals surface area contributed by atoms with E-state index in [0.717, 1.165) is 0 Å². The first-order chi connectivity index (χ1) is 8.89. The van der Waals surface area contributed by atoms with Crippen LogP contribution in [-0.4, -0.2) is 45.7 Å². The van der Waals surface area contributed by atoms with E-state index < -0.39 is 24.0 Å². The average molecular weight is 276 g/mol. The van der Waals surface area contributed by atoms with Crippen LogP contribution in [0.15, 0.2) is 12.3 Å². The highest BCUT2D eigenvalue weighted by atomic mass is 19.4. The van der Waals surface area contributed by atoms with E-state index in [2.05, 4.69) is 15.5 Å². The average Bonchev–Trinajstić information content (AvgIpc) is 2.96. The molecule has 0 radical (unpaired) electrons. The molecule has 0 aliphatic carbocycles. The fraction of sp³-hybridized carbons (Fsp3) is 0.500. The Bertz CT molecular complexity index is 472. The van der Waals surface area contributed by atoms with Crippen molar-refractivity contribution in [3.63, 3.8) is 0 Å². The van der Waals surface area contributed by atoms with Crippen LogP contribution in [0, 0.1) is 0 Å². The predicted octanol–water partition coefficient (Wildman–Crippen LogP) is 0.901. The van der Waals surface area contributed by atoms with Gasteiger partial charge in [0.25, 0.3) is 0 Å². The molecule has 0 bridgehead atoms. The standard InChI is InChI=1S/C10H11F3N4O2/c11-10(12,13)9(19)17-5-1-2-6(17)8(18)15-7-3-4-14-16-7/h3-4,6H,1-2,5H2,(H2,14,15,16,18). The van der Waals surface area contributed by atoms with Gasteiger partial charge in [-0.15, -0.1) is 0 Å². The Morgan fingerprint density at radius 2 is 2.21 bits per heavy atom. The van der Waals surface area contributed by atoms with Crippen LogP contribution in [0.4, 0.5) is 19.0 Å². The molecule has 1 aliphatic heterocycles. The summed E-state index contributed by atoms with van der Waals surface area (Å²) in [7, 11) is 0. The van der Waals surface area contributed by atoms with Crippen LogP contribution >= 0.6 is 0 Å². The zero-order chi connectivity index (χ0) is 14.0. The van der Waals surface area contributed by atoms with Gasteiger partial charge in [0.2, 0.25) is 5.91 Å². The highest BCUT2D eigenvalue weighted by Crippen LogP contribution is 2.26. The zero-order valence-corrected chi connectivity index (χ0v) is 9.70. The molecule has 0 saturated carbocycles. The second-order valence-electron chi connectivity index (χ2n) is 4.11. The fourth-order valence-electron chi connectivity index (χ4n) is 1.99. The number of hydrogen-bond acceptors (Lipinski definition) is 3. The van der Waals surface area contributed by atoms with Crippen LogP contribution in [0.1, 0.15) is 12.8 Å². The first-order valence-electron chi connectivity index (χ1n) is 5.57. The normalized spacial score (nSPS) is 19.5. The summed E-state index contributed by atoms with van der Waals surface area (Å²) in [5.41, 5.74) is 0. The molecule has 1 aromatic heterocycles. The van der Waals surface area contributed by atoms with E-state index in [0.29, 0.717) is 11.3 Å². The summed E-state index contributed by atoms with van der Waals surface area (Å²) in [6.45, 7) is -0.0700. The first-order valence-corrected chi connectivity index (χ1v) is 5.57. The molecule has 1 saturated heterocycles. The van der Waals surface area contributed by atoms with E-state index in [1.165, 1.54) is 12.3 Å². The Morgan fingerprint density at radius 3 is 2.79 bits per heavy atom. The molecule has 104 valence electrons. The SMILES string of the molecule is O=C(Nc1ccn[nH]1)C1CCCN1C(=O)C(F)(F)F. The number of nitrogens with zero attached hydrogens (tertiary/aromatic N) is 2. The van der Waals surface area contributed by atoms with Crippen molar-refractivity contribution in [1.29, 1.82) is 0 Å². The number of likely N-dealkylation sites (tertiary alicyclic amines) is 1. The number of aromatic amines is 1. The summed E-state index contributed by atoms with van der Waals surface area (Å²) in [5.74, 6) is -2.36. The van der Waals surface area contributed by atoms with Gasteiger partial charge in [-0.2, -0.15) is 18.3 Å². The molecule has 2 rings (SSSR count). The highest BCUT2D eigenvalue weighted by Gasteiger charge is 2.47. The van der Waals surface area contributed by atoms with Crippen molar-refractivity contribution in [2.75, 3.05) is 11.9 Å². The Labute approximate surface area is 106 Å². The molecular weight excluding hydrogens is 265 g/mol. The van der Waals surface area contributed by atoms with Crippen molar-refractivity contribution in [2.45, 2.75) is 25.1 Å². The minimum atomic E-state index is -4.96. The highest BCUT2D eigenvalue weighted by molar-refractivity contribution is 5.97. The van der Waals surface area contributed by atoms with Crippen molar-refractivity contribution in [3.8, 4) is 0 Å². The van der Waals surface area contributed by atoms with Gasteiger partial charge in [-0.1, -0.05) is 0 Å². The summed E-state index contributed by atoms with van der Waals surface area (Å²) in [5, 5.41) is 8.44. The van der Waals surface area contributed by atoms with Gasteiger partial charge in [-0.3, -0.25) is 14.7 Å². The second kappa shape index (κ2) is 4.90. The van der Waals surface area contributed by atoms with E-state index in [9.17, 15) is 22.8 Å². The zero-order valence-electron chi connectivity index (χ0n) is 9.70. The lowest BCUT2D eigenvalue weighted by molar-refractivity contribution is -0.186. The minimum absolute atomic E-state index is 0.0700. The first kappa shape index (κ1) is 13.4. The summed E-state index contributed by atoms with van der Waals surface area (Å²) in [6.07, 6.45) is -3.00. The van der Waals surface area contributed by atoms with E-state index >= 15 is 0 Å². The molecule has 6 nitrogen and oxygen atoms in total. The predicted molar refractivity (Wildman–Crippen MR) is 58.0 cm³/mol. The Hall–Kier alpha value is -2.06. The maximum absolute atomic E-state index is 12.4. The van der Waals surface area contributed by atoms with Gasteiger partial charge >= 0.3 is 12.1 Å². The lowest BCUT2D eigenvalue weighted by Crippen LogP contribution is -2.48. The monoisotopic (exact) mass is 276 g/mol. The summed E-state index contributed by atoms with van der Waals surface area (Å²) >= 11 is 0. The van der Waals surface area contributed by atoms with Crippen molar-refractivity contribution in [3.05, 3.63) is 12.3 Å². The molecule has 2 amide bonds. The lowest BCUT2D eigenvalue weighted by atomic mass is 10.2. The third-order valence-corrected chi connectivity index (χ3v) is 2.82. The number of H-pyrrole nitrogens is 1. The van der Waals surface area contributed by atoms with Gasteiger partial charge in [0.15, 0.2) is 0 Å². The maximum atomic E-state index is 12.4. The number of carbonyl (C=O) groups excluding carboxylic acids is 2. The van der Waals surface area contributed by atoms with Crippen LogP contribution < -0.4 is 5.32 Å². The van der Waals surface area contributed by atoms with Crippen molar-refractivity contribution < 1.29 is 22.8 Å². The van der Waals surface area contributed by atoms with Crippen LogP contribution in [0.3, 0.4) is 0 Å². The topological polar surface area (TPSA) is 78.1 Å². The van der Waals surface area contributed by atoms with Crippen LogP contribution in [0.2, 0.25) is 0 Å². The number of amides is 2. The van der Waals surface area contributed by atoms with Gasteiger partial charge in [0.05, 0.1) is 6.20 Å². The minimum Gasteiger partial charge on any atom is -0.323 e. The summed E-state index contributed by atoms with van der Waals surface area (Å²) in [6, 6.07) is 0.361. The van der Waals surface area contributed by atoms with Gasteiger partial charge in [-0.05, 0) is 12.8 Å². The molecule has 2 N–H and O–H groups in total. The number of aromatic nitrogens is 2. The quantitative estimate of drug-likeness (QED) is 0.842. The number of carbonyl (C=O) groups is 2. The van der Waals surface area contributed by atoms with Crippen molar-refractivity contribution in [2.24, 2.45) is 0 Å². The third-order valence-electron chi connectivity index (χ3n) is 2.82. The molecule has 1 unspecified atom stereocenters. The second-order valence-corrected chi connectivity index (χ2v) is 4.11. The smallest absolute Gasteiger partial charge is 0.323 e. The van der Waals surface area contributed by atoms with E-state index in [1.54, 1.807) is 0 Å². The van der Waals surface area contributed by atoms with E-state index in [1.807, 2.05) is 0 Å². The molecular formula is C10H11F3N4O2. The van der Waals surface area contributed by atoms with Crippen molar-refractivity contribution >= 4 is 17.6 Å². The molecule has 1 atom stereocenters. The molecule has 1 fully saturated rings. The number of halogens is 3. The Morgan fingerprint density at radius 1 is 1.47 bits per heavy atom. The number of anilines is 1. The van der Waals surface area contributed by atoms with Crippen molar-refractivity contribution in [1.82, 2.24) is 15.1 Å². The van der Waals surface area contributed by atoms with E-state index in [4.69, 9.17) is 0 Å². The molecule has 0 aromatic carbocycles. The lowest BCUT2D eigenvalue weighted by Gasteiger charge is -2.24. The van der Waals surface area contributed by atoms with Gasteiger partial charge in [-0.25, -0.2) is 0 Å². The van der Waals surface area contributed by atoms with Gasteiger partial charge < -0.3 is 10.2 Å². The molecule has 1 aliphatic rings. The van der Waals surface area contributed by atoms with Crippen LogP contribution in [0.5, 0.6) is 0 Å². The number of nitrogens with one attached hydrogen (secondary N) is 2. The third kappa shape index (κ3) is 2.85. The number of alkyl halides is 3. The Kier molecular flexibility index (Phi) is 3.45. The molecule has 19 heavy (non-hydrogen) atoms. The summed E-state index contributed by atoms with van der Waals surface area (Å²) in [4.78, 5) is 23.6. The number of rotatable bonds is 2. The molecule has 2 heterocycles. The van der Waals surface area contributed by atoms with E-state index in [-0.39, 0.29) is 18.8 Å². The molecule has 1 aromatic rings. The fourth-order valence-corrected chi connectivity index (χ4v) is 1.99. The van der Waals surface area contributed by atoms with Gasteiger partial charge in [0.1, 0.15) is 11.9 Å². The molecule has 9 heteroatoms. The largest absolute Gasteiger partial charge is 0.471 e. The maximum Gasteiger partial charge on any atom is 0.471 e. The van der Waals surface area contributed by atoms with Crippen LogP contribution in [0.25, 0.3) is 0 Å². The number of hydrogen-bond donors (Lipinski definition) is 2.